The van der Waals surface area contributed by atoms with Gasteiger partial charge in [-0.15, -0.1) is 0 Å². The number of halogens is 1. The summed E-state index contributed by atoms with van der Waals surface area (Å²) in [6.45, 7) is 0. The fraction of sp³-hybridized carbons (Fsp3) is 0.133. The summed E-state index contributed by atoms with van der Waals surface area (Å²) >= 11 is 0. The third-order valence-electron chi connectivity index (χ3n) is 3.27. The lowest BCUT2D eigenvalue weighted by Gasteiger charge is -2.07. The van der Waals surface area contributed by atoms with Crippen LogP contribution in [0.25, 0.3) is 11.0 Å². The zero-order valence-electron chi connectivity index (χ0n) is 10.6. The van der Waals surface area contributed by atoms with Crippen molar-refractivity contribution in [2.24, 2.45) is 0 Å². The highest BCUT2D eigenvalue weighted by molar-refractivity contribution is 5.79. The number of nitrogens with one attached hydrogen (secondary N) is 2. The fourth-order valence-electron chi connectivity index (χ4n) is 2.22. The normalized spacial score (nSPS) is 10.8. The molecule has 0 bridgehead atoms. The van der Waals surface area contributed by atoms with Crippen molar-refractivity contribution >= 4 is 16.7 Å². The van der Waals surface area contributed by atoms with E-state index in [4.69, 9.17) is 0 Å². The number of aromatic amines is 1. The summed E-state index contributed by atoms with van der Waals surface area (Å²) in [6.07, 6.45) is 4.16. The molecule has 2 aromatic heterocycles. The second kappa shape index (κ2) is 4.72. The van der Waals surface area contributed by atoms with Gasteiger partial charge in [-0.2, -0.15) is 0 Å². The van der Waals surface area contributed by atoms with Gasteiger partial charge in [-0.05, 0) is 35.4 Å². The van der Waals surface area contributed by atoms with E-state index < -0.39 is 0 Å². The molecule has 1 aromatic carbocycles. The largest absolute Gasteiger partial charge is 0.388 e. The molecule has 19 heavy (non-hydrogen) atoms. The Morgan fingerprint density at radius 3 is 2.89 bits per heavy atom. The molecule has 96 valence electrons. The van der Waals surface area contributed by atoms with Gasteiger partial charge in [-0.25, -0.2) is 9.37 Å². The third kappa shape index (κ3) is 2.17. The second-order valence-electron chi connectivity index (χ2n) is 4.44. The number of hydrogen-bond donors (Lipinski definition) is 2. The average molecular weight is 255 g/mol. The predicted octanol–water partition coefficient (Wildman–Crippen LogP) is 3.33. The Balaban J connectivity index is 1.99. The number of benzene rings is 1. The van der Waals surface area contributed by atoms with E-state index in [0.717, 1.165) is 22.3 Å². The summed E-state index contributed by atoms with van der Waals surface area (Å²) in [7, 11) is 1.78. The highest BCUT2D eigenvalue weighted by Crippen LogP contribution is 2.21. The zero-order valence-corrected chi connectivity index (χ0v) is 10.6. The van der Waals surface area contributed by atoms with E-state index in [9.17, 15) is 4.39 Å². The van der Waals surface area contributed by atoms with Crippen molar-refractivity contribution in [3.8, 4) is 0 Å². The van der Waals surface area contributed by atoms with Crippen LogP contribution >= 0.6 is 0 Å². The number of aromatic nitrogens is 2. The molecule has 0 aliphatic rings. The van der Waals surface area contributed by atoms with Crippen LogP contribution in [0.1, 0.15) is 11.1 Å². The van der Waals surface area contributed by atoms with E-state index in [0.29, 0.717) is 12.0 Å². The van der Waals surface area contributed by atoms with E-state index >= 15 is 0 Å². The molecule has 0 aliphatic carbocycles. The molecule has 0 unspecified atom stereocenters. The molecule has 2 heterocycles. The molecule has 3 rings (SSSR count). The highest BCUT2D eigenvalue weighted by Gasteiger charge is 2.08. The van der Waals surface area contributed by atoms with E-state index in [1.54, 1.807) is 13.2 Å². The minimum absolute atomic E-state index is 0.188. The number of nitrogens with zero attached hydrogens (tertiary/aromatic N) is 1. The second-order valence-corrected chi connectivity index (χ2v) is 4.44. The van der Waals surface area contributed by atoms with E-state index in [1.165, 1.54) is 6.07 Å². The number of fused-ring (bicyclic) bond motifs is 1. The lowest BCUT2D eigenvalue weighted by atomic mass is 10.0. The number of hydrogen-bond acceptors (Lipinski definition) is 2. The minimum atomic E-state index is -0.188. The monoisotopic (exact) mass is 255 g/mol. The van der Waals surface area contributed by atoms with Crippen LogP contribution in [0.3, 0.4) is 0 Å². The zero-order chi connectivity index (χ0) is 13.2. The number of anilines is 1. The van der Waals surface area contributed by atoms with Gasteiger partial charge in [0.2, 0.25) is 0 Å². The van der Waals surface area contributed by atoms with Crippen molar-refractivity contribution in [3.05, 3.63) is 59.7 Å². The fourth-order valence-corrected chi connectivity index (χ4v) is 2.22. The molecule has 0 saturated heterocycles. The third-order valence-corrected chi connectivity index (χ3v) is 3.27. The summed E-state index contributed by atoms with van der Waals surface area (Å²) < 4.78 is 14.0. The first-order valence-electron chi connectivity index (χ1n) is 6.15. The Morgan fingerprint density at radius 2 is 2.11 bits per heavy atom. The van der Waals surface area contributed by atoms with Crippen LogP contribution in [-0.2, 0) is 6.42 Å². The molecule has 4 heteroatoms. The van der Waals surface area contributed by atoms with Crippen LogP contribution in [-0.4, -0.2) is 17.0 Å². The molecule has 0 atom stereocenters. The lowest BCUT2D eigenvalue weighted by Crippen LogP contribution is -1.96. The minimum Gasteiger partial charge on any atom is -0.388 e. The summed E-state index contributed by atoms with van der Waals surface area (Å²) in [5.41, 5.74) is 3.38. The molecule has 3 aromatic rings. The van der Waals surface area contributed by atoms with Crippen molar-refractivity contribution in [3.63, 3.8) is 0 Å². The molecule has 0 spiro atoms. The highest BCUT2D eigenvalue weighted by atomic mass is 19.1. The molecule has 0 saturated carbocycles. The van der Waals surface area contributed by atoms with Gasteiger partial charge < -0.3 is 10.3 Å². The van der Waals surface area contributed by atoms with Crippen molar-refractivity contribution < 1.29 is 4.39 Å². The van der Waals surface area contributed by atoms with Crippen LogP contribution in [0.4, 0.5) is 10.1 Å². The van der Waals surface area contributed by atoms with Crippen LogP contribution < -0.4 is 5.32 Å². The van der Waals surface area contributed by atoms with Gasteiger partial charge in [0.05, 0.1) is 0 Å². The van der Waals surface area contributed by atoms with Gasteiger partial charge in [-0.3, -0.25) is 0 Å². The summed E-state index contributed by atoms with van der Waals surface area (Å²) in [4.78, 5) is 7.30. The molecule has 0 aliphatic heterocycles. The Hall–Kier alpha value is -2.36. The number of pyridine rings is 1. The topological polar surface area (TPSA) is 40.7 Å². The quantitative estimate of drug-likeness (QED) is 0.753. The summed E-state index contributed by atoms with van der Waals surface area (Å²) in [6, 6.07) is 9.12. The Morgan fingerprint density at radius 1 is 1.21 bits per heavy atom. The lowest BCUT2D eigenvalue weighted by molar-refractivity contribution is 0.614. The van der Waals surface area contributed by atoms with E-state index in [-0.39, 0.29) is 5.82 Å². The van der Waals surface area contributed by atoms with Crippen LogP contribution in [0.15, 0.2) is 42.7 Å². The molecular weight excluding hydrogens is 241 g/mol. The average Bonchev–Trinajstić information content (AvgIpc) is 2.90. The first-order chi connectivity index (χ1) is 9.28. The molecule has 0 amide bonds. The van der Waals surface area contributed by atoms with Gasteiger partial charge in [0, 0.05) is 36.9 Å². The maximum Gasteiger partial charge on any atom is 0.137 e. The van der Waals surface area contributed by atoms with Crippen LogP contribution in [0.2, 0.25) is 0 Å². The number of H-pyrrole nitrogens is 1. The Labute approximate surface area is 110 Å². The van der Waals surface area contributed by atoms with Crippen molar-refractivity contribution in [2.45, 2.75) is 6.42 Å². The van der Waals surface area contributed by atoms with Crippen LogP contribution in [0, 0.1) is 5.82 Å². The first kappa shape index (κ1) is 11.7. The van der Waals surface area contributed by atoms with Gasteiger partial charge in [0.15, 0.2) is 0 Å². The van der Waals surface area contributed by atoms with E-state index in [2.05, 4.69) is 15.3 Å². The standard InChI is InChI=1S/C15H14FN3/c1-17-12-3-2-11(14(16)9-12)8-10-4-6-18-15-13(10)5-7-19-15/h2-7,9,17H,8H2,1H3,(H,18,19). The first-order valence-corrected chi connectivity index (χ1v) is 6.15. The van der Waals surface area contributed by atoms with Gasteiger partial charge in [0.25, 0.3) is 0 Å². The maximum absolute atomic E-state index is 14.0. The molecule has 3 nitrogen and oxygen atoms in total. The molecular formula is C15H14FN3. The van der Waals surface area contributed by atoms with Crippen molar-refractivity contribution in [1.82, 2.24) is 9.97 Å². The predicted molar refractivity (Wildman–Crippen MR) is 74.8 cm³/mol. The van der Waals surface area contributed by atoms with E-state index in [1.807, 2.05) is 30.5 Å². The maximum atomic E-state index is 14.0. The molecule has 2 N–H and O–H groups in total. The summed E-state index contributed by atoms with van der Waals surface area (Å²) in [5, 5.41) is 3.97. The Bertz CT molecular complexity index is 718. The smallest absolute Gasteiger partial charge is 0.137 e. The van der Waals surface area contributed by atoms with Crippen LogP contribution in [0.5, 0.6) is 0 Å². The molecule has 0 radical (unpaired) electrons. The number of rotatable bonds is 3. The Kier molecular flexibility index (Phi) is 2.91. The van der Waals surface area contributed by atoms with Gasteiger partial charge >= 0.3 is 0 Å². The van der Waals surface area contributed by atoms with Gasteiger partial charge in [-0.1, -0.05) is 6.07 Å². The SMILES string of the molecule is CNc1ccc(Cc2ccnc3[nH]ccc23)c(F)c1. The van der Waals surface area contributed by atoms with Crippen molar-refractivity contribution in [1.29, 1.82) is 0 Å². The van der Waals surface area contributed by atoms with Crippen molar-refractivity contribution in [2.75, 3.05) is 12.4 Å². The molecule has 0 fully saturated rings. The summed E-state index contributed by atoms with van der Waals surface area (Å²) in [5.74, 6) is -0.188. The van der Waals surface area contributed by atoms with Gasteiger partial charge in [0.1, 0.15) is 11.5 Å².